The van der Waals surface area contributed by atoms with Crippen molar-refractivity contribution in [3.63, 3.8) is 0 Å². The van der Waals surface area contributed by atoms with Gasteiger partial charge < -0.3 is 14.9 Å². The molecule has 0 bridgehead atoms. The van der Waals surface area contributed by atoms with Crippen molar-refractivity contribution in [3.8, 4) is 0 Å². The fraction of sp³-hybridized carbons (Fsp3) is 0.526. The average molecular weight is 343 g/mol. The number of anilines is 1. The van der Waals surface area contributed by atoms with Crippen molar-refractivity contribution < 1.29 is 14.7 Å². The smallest absolute Gasteiger partial charge is 0.311 e. The molecule has 1 amide bonds. The monoisotopic (exact) mass is 343 g/mol. The van der Waals surface area contributed by atoms with Gasteiger partial charge in [0.25, 0.3) is 5.91 Å². The molecule has 25 heavy (non-hydrogen) atoms. The van der Waals surface area contributed by atoms with Crippen LogP contribution in [0.15, 0.2) is 31.0 Å². The van der Waals surface area contributed by atoms with Gasteiger partial charge in [-0.15, -0.1) is 6.58 Å². The van der Waals surface area contributed by atoms with Crippen LogP contribution in [-0.2, 0) is 4.79 Å². The lowest BCUT2D eigenvalue weighted by Crippen LogP contribution is -2.48. The maximum atomic E-state index is 12.4. The van der Waals surface area contributed by atoms with Crippen LogP contribution in [-0.4, -0.2) is 53.0 Å². The highest BCUT2D eigenvalue weighted by Crippen LogP contribution is 2.35. The van der Waals surface area contributed by atoms with Crippen LogP contribution in [0.1, 0.15) is 42.5 Å². The lowest BCUT2D eigenvalue weighted by molar-refractivity contribution is -0.149. The first-order chi connectivity index (χ1) is 12.1. The number of aromatic nitrogens is 1. The number of likely N-dealkylation sites (tertiary alicyclic amines) is 1. The zero-order valence-corrected chi connectivity index (χ0v) is 14.5. The number of hydrogen-bond acceptors (Lipinski definition) is 4. The topological polar surface area (TPSA) is 73.7 Å². The van der Waals surface area contributed by atoms with Crippen LogP contribution >= 0.6 is 0 Å². The van der Waals surface area contributed by atoms with Gasteiger partial charge in [0.1, 0.15) is 5.82 Å². The summed E-state index contributed by atoms with van der Waals surface area (Å²) in [6.07, 6.45) is 7.32. The van der Waals surface area contributed by atoms with Crippen LogP contribution in [0.5, 0.6) is 0 Å². The van der Waals surface area contributed by atoms with Gasteiger partial charge in [-0.25, -0.2) is 4.98 Å². The predicted octanol–water partition coefficient (Wildman–Crippen LogP) is 2.56. The van der Waals surface area contributed by atoms with E-state index in [9.17, 15) is 14.7 Å². The number of carbonyl (C=O) groups is 2. The molecule has 0 spiro atoms. The van der Waals surface area contributed by atoms with Crippen molar-refractivity contribution in [1.82, 2.24) is 9.88 Å². The Balaban J connectivity index is 1.74. The van der Waals surface area contributed by atoms with Crippen LogP contribution in [0.4, 0.5) is 5.82 Å². The van der Waals surface area contributed by atoms with Gasteiger partial charge in [0.05, 0.1) is 11.0 Å². The van der Waals surface area contributed by atoms with Gasteiger partial charge in [0.2, 0.25) is 0 Å². The third kappa shape index (κ3) is 3.52. The molecule has 0 aliphatic carbocycles. The summed E-state index contributed by atoms with van der Waals surface area (Å²) < 4.78 is 0. The van der Waals surface area contributed by atoms with Gasteiger partial charge in [0.15, 0.2) is 0 Å². The Morgan fingerprint density at radius 1 is 1.24 bits per heavy atom. The largest absolute Gasteiger partial charge is 0.481 e. The molecule has 3 heterocycles. The Morgan fingerprint density at radius 3 is 2.60 bits per heavy atom. The van der Waals surface area contributed by atoms with Crippen LogP contribution in [0, 0.1) is 5.41 Å². The van der Waals surface area contributed by atoms with E-state index in [2.05, 4.69) is 11.6 Å². The number of hydrogen-bond donors (Lipinski definition) is 1. The molecule has 2 fully saturated rings. The van der Waals surface area contributed by atoms with Crippen LogP contribution < -0.4 is 4.90 Å². The predicted molar refractivity (Wildman–Crippen MR) is 95.7 cm³/mol. The van der Waals surface area contributed by atoms with Crippen LogP contribution in [0.2, 0.25) is 0 Å². The molecular weight excluding hydrogens is 318 g/mol. The standard InChI is InChI=1S/C19H25N3O3/c1-2-8-19(18(24)25)9-5-12-22(14-19)16-7-6-15(13-20-16)17(23)21-10-3-4-11-21/h2,6-7,13H,1,3-5,8-12,14H2,(H,24,25)/t19-/m0/s1. The Labute approximate surface area is 148 Å². The van der Waals surface area contributed by atoms with E-state index in [1.807, 2.05) is 15.9 Å². The molecule has 0 saturated carbocycles. The third-order valence-electron chi connectivity index (χ3n) is 5.28. The van der Waals surface area contributed by atoms with Gasteiger partial charge in [-0.2, -0.15) is 0 Å². The van der Waals surface area contributed by atoms with Gasteiger partial charge in [-0.05, 0) is 44.2 Å². The summed E-state index contributed by atoms with van der Waals surface area (Å²) in [5, 5.41) is 9.68. The van der Waals surface area contributed by atoms with Crippen molar-refractivity contribution in [2.45, 2.75) is 32.1 Å². The number of rotatable bonds is 5. The Hall–Kier alpha value is -2.37. The Kier molecular flexibility index (Phi) is 5.06. The first-order valence-corrected chi connectivity index (χ1v) is 8.90. The molecule has 6 nitrogen and oxygen atoms in total. The molecule has 1 aromatic rings. The van der Waals surface area contributed by atoms with E-state index in [-0.39, 0.29) is 5.91 Å². The van der Waals surface area contributed by atoms with E-state index in [0.29, 0.717) is 24.9 Å². The molecule has 0 unspecified atom stereocenters. The van der Waals surface area contributed by atoms with E-state index in [4.69, 9.17) is 0 Å². The number of carboxylic acids is 1. The molecule has 0 aromatic carbocycles. The molecule has 0 radical (unpaired) electrons. The van der Waals surface area contributed by atoms with Crippen molar-refractivity contribution >= 4 is 17.7 Å². The molecule has 2 saturated heterocycles. The Morgan fingerprint density at radius 2 is 2.00 bits per heavy atom. The summed E-state index contributed by atoms with van der Waals surface area (Å²) in [6.45, 7) is 6.53. The minimum Gasteiger partial charge on any atom is -0.481 e. The van der Waals surface area contributed by atoms with Gasteiger partial charge >= 0.3 is 5.97 Å². The first kappa shape index (κ1) is 17.5. The molecule has 3 rings (SSSR count). The number of piperidine rings is 1. The van der Waals surface area contributed by atoms with Gasteiger partial charge in [-0.1, -0.05) is 6.08 Å². The molecule has 1 atom stereocenters. The van der Waals surface area contributed by atoms with Gasteiger partial charge in [0, 0.05) is 32.4 Å². The maximum absolute atomic E-state index is 12.4. The third-order valence-corrected chi connectivity index (χ3v) is 5.28. The summed E-state index contributed by atoms with van der Waals surface area (Å²) in [4.78, 5) is 32.5. The quantitative estimate of drug-likeness (QED) is 0.832. The molecular formula is C19H25N3O3. The van der Waals surface area contributed by atoms with Crippen LogP contribution in [0.25, 0.3) is 0 Å². The molecule has 2 aliphatic rings. The van der Waals surface area contributed by atoms with E-state index < -0.39 is 11.4 Å². The Bertz CT molecular complexity index is 652. The lowest BCUT2D eigenvalue weighted by Gasteiger charge is -2.40. The lowest BCUT2D eigenvalue weighted by atomic mass is 9.77. The summed E-state index contributed by atoms with van der Waals surface area (Å²) >= 11 is 0. The van der Waals surface area contributed by atoms with E-state index >= 15 is 0 Å². The zero-order chi connectivity index (χ0) is 17.9. The summed E-state index contributed by atoms with van der Waals surface area (Å²) in [5.74, 6) is -0.0213. The fourth-order valence-electron chi connectivity index (χ4n) is 3.83. The second-order valence-electron chi connectivity index (χ2n) is 7.01. The normalized spacial score (nSPS) is 23.5. The SMILES string of the molecule is C=CC[C@]1(C(=O)O)CCCN(c2ccc(C(=O)N3CCCC3)cn2)C1. The number of amides is 1. The van der Waals surface area contributed by atoms with Crippen molar-refractivity contribution in [2.24, 2.45) is 5.41 Å². The number of aliphatic carboxylic acids is 1. The highest BCUT2D eigenvalue weighted by atomic mass is 16.4. The van der Waals surface area contributed by atoms with Crippen molar-refractivity contribution in [1.29, 1.82) is 0 Å². The summed E-state index contributed by atoms with van der Waals surface area (Å²) in [6, 6.07) is 3.63. The number of allylic oxidation sites excluding steroid dienone is 1. The summed E-state index contributed by atoms with van der Waals surface area (Å²) in [5.41, 5.74) is -0.204. The molecule has 6 heteroatoms. The van der Waals surface area contributed by atoms with Crippen molar-refractivity contribution in [3.05, 3.63) is 36.5 Å². The first-order valence-electron chi connectivity index (χ1n) is 8.90. The molecule has 1 aromatic heterocycles. The second kappa shape index (κ2) is 7.25. The maximum Gasteiger partial charge on any atom is 0.311 e. The van der Waals surface area contributed by atoms with E-state index in [0.717, 1.165) is 44.7 Å². The molecule has 134 valence electrons. The number of nitrogens with zero attached hydrogens (tertiary/aromatic N) is 3. The highest BCUT2D eigenvalue weighted by molar-refractivity contribution is 5.94. The minimum absolute atomic E-state index is 0.0294. The van der Waals surface area contributed by atoms with E-state index in [1.165, 1.54) is 0 Å². The summed E-state index contributed by atoms with van der Waals surface area (Å²) in [7, 11) is 0. The molecule has 2 aliphatic heterocycles. The number of pyridine rings is 1. The van der Waals surface area contributed by atoms with E-state index in [1.54, 1.807) is 18.3 Å². The second-order valence-corrected chi connectivity index (χ2v) is 7.01. The van der Waals surface area contributed by atoms with Crippen LogP contribution in [0.3, 0.4) is 0 Å². The van der Waals surface area contributed by atoms with Gasteiger partial charge in [-0.3, -0.25) is 9.59 Å². The number of carboxylic acid groups (broad SMARTS) is 1. The van der Waals surface area contributed by atoms with Crippen molar-refractivity contribution in [2.75, 3.05) is 31.1 Å². The molecule has 1 N–H and O–H groups in total. The minimum atomic E-state index is -0.800. The number of carbonyl (C=O) groups excluding carboxylic acids is 1. The fourth-order valence-corrected chi connectivity index (χ4v) is 3.83. The zero-order valence-electron chi connectivity index (χ0n) is 14.5. The highest BCUT2D eigenvalue weighted by Gasteiger charge is 2.41. The average Bonchev–Trinajstić information content (AvgIpc) is 3.16.